The first kappa shape index (κ1) is 23.4. The Morgan fingerprint density at radius 3 is 2.75 bits per heavy atom. The Balaban J connectivity index is 1.25. The second-order valence-electron chi connectivity index (χ2n) is 10.8. The van der Waals surface area contributed by atoms with Crippen LogP contribution in [0, 0.1) is 5.41 Å². The molecule has 11 heteroatoms. The lowest BCUT2D eigenvalue weighted by Gasteiger charge is -2.55. The van der Waals surface area contributed by atoms with Gasteiger partial charge < -0.3 is 25.0 Å². The number of nitrogens with zero attached hydrogens (tertiary/aromatic N) is 7. The molecule has 3 aromatic heterocycles. The van der Waals surface area contributed by atoms with Gasteiger partial charge in [0.2, 0.25) is 5.95 Å². The highest BCUT2D eigenvalue weighted by Gasteiger charge is 2.50. The Morgan fingerprint density at radius 1 is 1.25 bits per heavy atom. The van der Waals surface area contributed by atoms with E-state index in [1.165, 1.54) is 6.92 Å². The number of rotatable bonds is 6. The first-order valence-corrected chi connectivity index (χ1v) is 12.7. The van der Waals surface area contributed by atoms with Crippen LogP contribution in [0.1, 0.15) is 39.7 Å². The normalized spacial score (nSPS) is 26.1. The number of halogens is 1. The molecule has 192 valence electrons. The van der Waals surface area contributed by atoms with Crippen molar-refractivity contribution in [2.45, 2.75) is 51.4 Å². The molecule has 0 radical (unpaired) electrons. The molecule has 0 amide bonds. The monoisotopic (exact) mass is 496 g/mol. The predicted octanol–water partition coefficient (Wildman–Crippen LogP) is 3.07. The first-order valence-electron chi connectivity index (χ1n) is 12.7. The Bertz CT molecular complexity index is 1270. The molecule has 36 heavy (non-hydrogen) atoms. The summed E-state index contributed by atoms with van der Waals surface area (Å²) in [4.78, 5) is 17.7. The van der Waals surface area contributed by atoms with Gasteiger partial charge in [-0.05, 0) is 32.8 Å². The van der Waals surface area contributed by atoms with Crippen LogP contribution in [0.2, 0.25) is 0 Å². The molecule has 3 atom stereocenters. The summed E-state index contributed by atoms with van der Waals surface area (Å²) < 4.78 is 21.9. The zero-order valence-corrected chi connectivity index (χ0v) is 21.0. The quantitative estimate of drug-likeness (QED) is 0.533. The van der Waals surface area contributed by atoms with Crippen molar-refractivity contribution in [3.05, 3.63) is 24.5 Å². The number of ether oxygens (including phenoxy) is 1. The fourth-order valence-electron chi connectivity index (χ4n) is 5.20. The summed E-state index contributed by atoms with van der Waals surface area (Å²) in [6.07, 6.45) is 3.45. The van der Waals surface area contributed by atoms with Crippen molar-refractivity contribution in [1.29, 1.82) is 0 Å². The zero-order valence-electron chi connectivity index (χ0n) is 21.0. The van der Waals surface area contributed by atoms with Crippen LogP contribution in [0.4, 0.5) is 27.8 Å². The molecule has 0 aromatic carbocycles. The van der Waals surface area contributed by atoms with Crippen LogP contribution < -0.4 is 15.1 Å². The summed E-state index contributed by atoms with van der Waals surface area (Å²) in [5.74, 6) is 2.63. The van der Waals surface area contributed by atoms with Gasteiger partial charge in [-0.2, -0.15) is 10.1 Å². The zero-order chi connectivity index (χ0) is 25.1. The third-order valence-electron chi connectivity index (χ3n) is 7.87. The fraction of sp³-hybridized carbons (Fsp3) is 0.600. The minimum absolute atomic E-state index is 0.0570. The van der Waals surface area contributed by atoms with Gasteiger partial charge in [-0.1, -0.05) is 6.92 Å². The molecule has 3 saturated heterocycles. The highest BCUT2D eigenvalue weighted by atomic mass is 19.1. The largest absolute Gasteiger partial charge is 0.387 e. The van der Waals surface area contributed by atoms with Crippen molar-refractivity contribution in [3.8, 4) is 0 Å². The maximum atomic E-state index is 14.4. The van der Waals surface area contributed by atoms with E-state index in [1.54, 1.807) is 17.2 Å². The highest BCUT2D eigenvalue weighted by molar-refractivity contribution is 5.92. The van der Waals surface area contributed by atoms with Gasteiger partial charge >= 0.3 is 0 Å². The summed E-state index contributed by atoms with van der Waals surface area (Å²) >= 11 is 0. The number of aliphatic hydroxyl groups is 1. The number of hydrogen-bond acceptors (Lipinski definition) is 9. The second kappa shape index (κ2) is 8.52. The van der Waals surface area contributed by atoms with Crippen molar-refractivity contribution in [2.75, 3.05) is 54.5 Å². The van der Waals surface area contributed by atoms with Crippen LogP contribution in [0.5, 0.6) is 0 Å². The van der Waals surface area contributed by atoms with Gasteiger partial charge in [0.15, 0.2) is 5.82 Å². The molecule has 6 heterocycles. The van der Waals surface area contributed by atoms with Crippen molar-refractivity contribution in [3.63, 3.8) is 0 Å². The van der Waals surface area contributed by atoms with E-state index in [0.717, 1.165) is 49.4 Å². The summed E-state index contributed by atoms with van der Waals surface area (Å²) in [6, 6.07) is 4.02. The molecular weight excluding hydrogens is 463 g/mol. The number of anilines is 4. The molecule has 6 rings (SSSR count). The number of hydrogen-bond donors (Lipinski definition) is 2. The van der Waals surface area contributed by atoms with Gasteiger partial charge in [-0.25, -0.2) is 14.4 Å². The highest BCUT2D eigenvalue weighted by Crippen LogP contribution is 2.42. The molecule has 0 aliphatic carbocycles. The molecule has 0 saturated carbocycles. The molecule has 3 fully saturated rings. The van der Waals surface area contributed by atoms with E-state index in [-0.39, 0.29) is 12.6 Å². The topological polar surface area (TPSA) is 104 Å². The fourth-order valence-corrected chi connectivity index (χ4v) is 5.20. The minimum Gasteiger partial charge on any atom is -0.387 e. The van der Waals surface area contributed by atoms with Crippen LogP contribution in [0.25, 0.3) is 10.9 Å². The molecule has 3 aliphatic heterocycles. The van der Waals surface area contributed by atoms with Crippen molar-refractivity contribution >= 4 is 34.3 Å². The lowest BCUT2D eigenvalue weighted by molar-refractivity contribution is -0.127. The first-order chi connectivity index (χ1) is 17.3. The minimum atomic E-state index is -1.36. The van der Waals surface area contributed by atoms with E-state index in [0.29, 0.717) is 36.0 Å². The number of piperidine rings is 1. The van der Waals surface area contributed by atoms with Gasteiger partial charge in [0, 0.05) is 44.1 Å². The van der Waals surface area contributed by atoms with Crippen LogP contribution in [-0.2, 0) is 4.74 Å². The molecular formula is C25H33FN8O2. The van der Waals surface area contributed by atoms with E-state index < -0.39 is 11.8 Å². The molecule has 3 aliphatic rings. The standard InChI is InChI=1S/C25H33FN8O2/c1-4-16(2)34-18-9-21(28-10-17(18)22(31-34)33-12-25(13-33)14-36-15-25)29-20-5-7-27-23(30-20)32-8-6-24(3,35)19(26)11-32/h5,7,9-10,16,19,35H,4,6,8,11-15H2,1-3H3,(H,27,28,29,30)/t16-,19-,24+/m0/s1. The Kier molecular flexibility index (Phi) is 5.52. The van der Waals surface area contributed by atoms with E-state index in [1.807, 2.05) is 12.3 Å². The molecule has 1 spiro atoms. The number of alkyl halides is 1. The maximum absolute atomic E-state index is 14.4. The molecule has 3 aromatic rings. The number of fused-ring (bicyclic) bond motifs is 1. The van der Waals surface area contributed by atoms with Gasteiger partial charge in [-0.15, -0.1) is 0 Å². The third kappa shape index (κ3) is 3.94. The summed E-state index contributed by atoms with van der Waals surface area (Å²) in [5, 5.41) is 19.5. The molecule has 0 bridgehead atoms. The van der Waals surface area contributed by atoms with Crippen LogP contribution in [0.3, 0.4) is 0 Å². The maximum Gasteiger partial charge on any atom is 0.227 e. The molecule has 2 N–H and O–H groups in total. The Labute approximate surface area is 209 Å². The van der Waals surface area contributed by atoms with Gasteiger partial charge in [0.05, 0.1) is 41.7 Å². The average molecular weight is 497 g/mol. The Morgan fingerprint density at radius 2 is 2.06 bits per heavy atom. The van der Waals surface area contributed by atoms with E-state index >= 15 is 0 Å². The predicted molar refractivity (Wildman–Crippen MR) is 136 cm³/mol. The SMILES string of the molecule is CC[C@H](C)n1nc(N2CC3(COC3)C2)c2cnc(Nc3ccnc(N4CC[C@@](C)(O)[C@@H](F)C4)n3)cc21. The smallest absolute Gasteiger partial charge is 0.227 e. The summed E-state index contributed by atoms with van der Waals surface area (Å²) in [6.45, 7) is 10.0. The van der Waals surface area contributed by atoms with Gasteiger partial charge in [0.25, 0.3) is 0 Å². The van der Waals surface area contributed by atoms with Crippen LogP contribution in [-0.4, -0.2) is 81.0 Å². The van der Waals surface area contributed by atoms with Crippen LogP contribution >= 0.6 is 0 Å². The van der Waals surface area contributed by atoms with Crippen molar-refractivity contribution in [2.24, 2.45) is 5.41 Å². The Hall–Kier alpha value is -3.05. The van der Waals surface area contributed by atoms with E-state index in [9.17, 15) is 9.50 Å². The molecule has 0 unspecified atom stereocenters. The summed E-state index contributed by atoms with van der Waals surface area (Å²) in [7, 11) is 0. The average Bonchev–Trinajstić information content (AvgIpc) is 3.17. The lowest BCUT2D eigenvalue weighted by Crippen LogP contribution is -2.66. The number of pyridine rings is 1. The number of aromatic nitrogens is 5. The van der Waals surface area contributed by atoms with E-state index in [2.05, 4.69) is 43.7 Å². The lowest BCUT2D eigenvalue weighted by atomic mass is 9.78. The van der Waals surface area contributed by atoms with Gasteiger partial charge in [0.1, 0.15) is 17.8 Å². The third-order valence-corrected chi connectivity index (χ3v) is 7.87. The molecule has 10 nitrogen and oxygen atoms in total. The second-order valence-corrected chi connectivity index (χ2v) is 10.8. The van der Waals surface area contributed by atoms with Crippen molar-refractivity contribution in [1.82, 2.24) is 24.7 Å². The van der Waals surface area contributed by atoms with E-state index in [4.69, 9.17) is 9.84 Å². The number of nitrogens with one attached hydrogen (secondary N) is 1. The van der Waals surface area contributed by atoms with Crippen LogP contribution in [0.15, 0.2) is 24.5 Å². The summed E-state index contributed by atoms with van der Waals surface area (Å²) in [5.41, 5.74) is 0.0135. The van der Waals surface area contributed by atoms with Gasteiger partial charge in [-0.3, -0.25) is 4.68 Å². The van der Waals surface area contributed by atoms with Crippen molar-refractivity contribution < 1.29 is 14.2 Å².